The van der Waals surface area contributed by atoms with Crippen molar-refractivity contribution in [3.05, 3.63) is 104 Å². The number of hydrogen-bond acceptors (Lipinski definition) is 12. The summed E-state index contributed by atoms with van der Waals surface area (Å²) in [6.07, 6.45) is -0.127. The van der Waals surface area contributed by atoms with Gasteiger partial charge in [-0.3, -0.25) is 57.5 Å². The number of carbonyl (C=O) groups is 6. The largest absolute Gasteiger partial charge is 0.465 e. The van der Waals surface area contributed by atoms with Gasteiger partial charge in [0, 0.05) is 48.4 Å². The van der Waals surface area contributed by atoms with Gasteiger partial charge in [0.1, 0.15) is 23.1 Å². The van der Waals surface area contributed by atoms with Crippen LogP contribution in [0.25, 0.3) is 11.4 Å². The number of nitrogens with zero attached hydrogens (tertiary/aromatic N) is 6. The number of esters is 2. The molecule has 16 nitrogen and oxygen atoms in total. The van der Waals surface area contributed by atoms with Gasteiger partial charge < -0.3 is 9.47 Å². The Morgan fingerprint density at radius 1 is 0.732 bits per heavy atom. The van der Waals surface area contributed by atoms with Gasteiger partial charge in [-0.15, -0.1) is 0 Å². The van der Waals surface area contributed by atoms with E-state index in [1.54, 1.807) is 105 Å². The average Bonchev–Trinajstić information content (AvgIpc) is 3.76. The Labute approximate surface area is 328 Å². The van der Waals surface area contributed by atoms with Crippen LogP contribution in [0.5, 0.6) is 0 Å². The van der Waals surface area contributed by atoms with Crippen molar-refractivity contribution in [2.45, 2.75) is 49.0 Å². The summed E-state index contributed by atoms with van der Waals surface area (Å²) in [7, 11) is 3.32. The summed E-state index contributed by atoms with van der Waals surface area (Å²) in [6, 6.07) is 17.5. The lowest BCUT2D eigenvalue weighted by Gasteiger charge is -2.45. The molecule has 2 aromatic carbocycles. The van der Waals surface area contributed by atoms with Crippen LogP contribution >= 0.6 is 23.5 Å². The number of carbonyl (C=O) groups excluding carboxylic acids is 6. The monoisotopic (exact) mass is 802 g/mol. The van der Waals surface area contributed by atoms with Crippen molar-refractivity contribution in [3.63, 3.8) is 0 Å². The summed E-state index contributed by atoms with van der Waals surface area (Å²) in [5.41, 5.74) is 0.790. The number of rotatable bonds is 10. The number of hydrogen-bond donors (Lipinski definition) is 0. The Balaban J connectivity index is 1.53. The third-order valence-electron chi connectivity index (χ3n) is 10.6. The molecule has 2 aliphatic heterocycles. The molecule has 4 amide bonds. The fourth-order valence-electron chi connectivity index (χ4n) is 8.12. The van der Waals surface area contributed by atoms with E-state index in [1.165, 1.54) is 9.36 Å². The number of imide groups is 2. The molecular formula is C38H38N6O10S2. The zero-order chi connectivity index (χ0) is 40.2. The van der Waals surface area contributed by atoms with Crippen molar-refractivity contribution in [2.75, 3.05) is 26.3 Å². The highest BCUT2D eigenvalue weighted by molar-refractivity contribution is 8.16. The molecule has 0 N–H and O–H groups in total. The predicted molar refractivity (Wildman–Crippen MR) is 205 cm³/mol. The van der Waals surface area contributed by atoms with E-state index in [4.69, 9.17) is 9.47 Å². The molecule has 1 spiro atoms. The molecule has 7 rings (SSSR count). The van der Waals surface area contributed by atoms with Crippen LogP contribution in [0.15, 0.2) is 70.3 Å². The standard InChI is InChI=1S/C38H38N6O10S2/c1-6-53-26(45)19-41-34(49)31(55-36(41)51)30-29-25(40(5)44(33(29)48)23-16-12-9-13-17-23)18-24(38(30)35(50)42(37(52)56-38)20-27(46)54-7-2)28-21(3)39(4)43(32(28)47)22-14-10-8-11-15-22/h8-17,24,30-31H,6-7,18-20H2,1-5H3. The third kappa shape index (κ3) is 5.93. The molecule has 3 aliphatic rings. The molecule has 2 saturated heterocycles. The Hall–Kier alpha value is -5.62. The highest BCUT2D eigenvalue weighted by Crippen LogP contribution is 2.62. The Morgan fingerprint density at radius 3 is 1.80 bits per heavy atom. The first kappa shape index (κ1) is 38.6. The van der Waals surface area contributed by atoms with Crippen molar-refractivity contribution >= 4 is 57.8 Å². The van der Waals surface area contributed by atoms with E-state index in [1.807, 2.05) is 0 Å². The third-order valence-corrected chi connectivity index (χ3v) is 13.2. The summed E-state index contributed by atoms with van der Waals surface area (Å²) >= 11 is 1.06. The average molecular weight is 803 g/mol. The molecule has 4 heterocycles. The van der Waals surface area contributed by atoms with Gasteiger partial charge in [0.15, 0.2) is 0 Å². The van der Waals surface area contributed by atoms with Crippen LogP contribution in [0, 0.1) is 6.92 Å². The Morgan fingerprint density at radius 2 is 1.25 bits per heavy atom. The number of para-hydroxylation sites is 2. The topological polar surface area (TPSA) is 181 Å². The summed E-state index contributed by atoms with van der Waals surface area (Å²) in [4.78, 5) is 114. The van der Waals surface area contributed by atoms with E-state index < -0.39 is 80.3 Å². The van der Waals surface area contributed by atoms with Crippen LogP contribution in [0.1, 0.15) is 48.2 Å². The fraction of sp³-hybridized carbons (Fsp3) is 0.368. The molecule has 4 atom stereocenters. The SMILES string of the molecule is CCOC(=O)CN1C(=O)SC(C2c3c(n(C)n(-c4ccccc4)c3=O)CC(c3c(C)n(C)n(-c4ccccc4)c3=O)C23SC(=O)N(CC(=O)OCC)C3=O)C1=O. The van der Waals surface area contributed by atoms with Crippen LogP contribution < -0.4 is 11.1 Å². The van der Waals surface area contributed by atoms with E-state index in [-0.39, 0.29) is 30.8 Å². The lowest BCUT2D eigenvalue weighted by atomic mass is 9.65. The number of amides is 4. The second-order valence-electron chi connectivity index (χ2n) is 13.4. The van der Waals surface area contributed by atoms with E-state index in [0.29, 0.717) is 51.2 Å². The maximum atomic E-state index is 15.3. The van der Waals surface area contributed by atoms with Gasteiger partial charge in [-0.05, 0) is 63.2 Å². The molecular weight excluding hydrogens is 765 g/mol. The number of ether oxygens (including phenoxy) is 2. The van der Waals surface area contributed by atoms with Gasteiger partial charge >= 0.3 is 11.9 Å². The smallest absolute Gasteiger partial charge is 0.326 e. The fourth-order valence-corrected chi connectivity index (χ4v) is 10.9. The molecule has 56 heavy (non-hydrogen) atoms. The van der Waals surface area contributed by atoms with Crippen molar-refractivity contribution < 1.29 is 38.2 Å². The first-order chi connectivity index (χ1) is 26.8. The Kier molecular flexibility index (Phi) is 10.2. The predicted octanol–water partition coefficient (Wildman–Crippen LogP) is 3.02. The van der Waals surface area contributed by atoms with Gasteiger partial charge in [-0.2, -0.15) is 0 Å². The highest BCUT2D eigenvalue weighted by Gasteiger charge is 2.69. The zero-order valence-corrected chi connectivity index (χ0v) is 32.8. The quantitative estimate of drug-likeness (QED) is 0.214. The second-order valence-corrected chi connectivity index (χ2v) is 15.8. The minimum atomic E-state index is -2.13. The molecule has 4 unspecified atom stereocenters. The van der Waals surface area contributed by atoms with Crippen molar-refractivity contribution in [1.82, 2.24) is 28.5 Å². The van der Waals surface area contributed by atoms with Crippen molar-refractivity contribution in [3.8, 4) is 11.4 Å². The van der Waals surface area contributed by atoms with Gasteiger partial charge in [0.05, 0.1) is 24.6 Å². The molecule has 292 valence electrons. The molecule has 0 radical (unpaired) electrons. The van der Waals surface area contributed by atoms with Crippen LogP contribution in [0.4, 0.5) is 9.59 Å². The number of aromatic nitrogens is 4. The Bertz CT molecular complexity index is 2420. The molecule has 2 fully saturated rings. The minimum absolute atomic E-state index is 0.00663. The van der Waals surface area contributed by atoms with E-state index >= 15 is 4.79 Å². The first-order valence-corrected chi connectivity index (χ1v) is 19.6. The van der Waals surface area contributed by atoms with Gasteiger partial charge in [0.25, 0.3) is 21.6 Å². The molecule has 1 aliphatic carbocycles. The van der Waals surface area contributed by atoms with E-state index in [0.717, 1.165) is 4.90 Å². The molecule has 0 bridgehead atoms. The maximum Gasteiger partial charge on any atom is 0.326 e. The van der Waals surface area contributed by atoms with Gasteiger partial charge in [-0.25, -0.2) is 9.36 Å². The van der Waals surface area contributed by atoms with Crippen LogP contribution in [-0.2, 0) is 49.2 Å². The normalized spacial score (nSPS) is 22.0. The van der Waals surface area contributed by atoms with E-state index in [9.17, 15) is 33.6 Å². The summed E-state index contributed by atoms with van der Waals surface area (Å²) < 4.78 is 14.0. The first-order valence-electron chi connectivity index (χ1n) is 17.9. The summed E-state index contributed by atoms with van der Waals surface area (Å²) in [5.74, 6) is -6.25. The molecule has 18 heteroatoms. The summed E-state index contributed by atoms with van der Waals surface area (Å²) in [5, 5.41) is -3.20. The van der Waals surface area contributed by atoms with Crippen LogP contribution in [0.3, 0.4) is 0 Å². The lowest BCUT2D eigenvalue weighted by molar-refractivity contribution is -0.147. The molecule has 0 saturated carbocycles. The number of thioether (sulfide) groups is 2. The van der Waals surface area contributed by atoms with Gasteiger partial charge in [0.2, 0.25) is 11.8 Å². The van der Waals surface area contributed by atoms with E-state index in [2.05, 4.69) is 0 Å². The van der Waals surface area contributed by atoms with Crippen molar-refractivity contribution in [1.29, 1.82) is 0 Å². The van der Waals surface area contributed by atoms with Crippen molar-refractivity contribution in [2.24, 2.45) is 14.1 Å². The highest BCUT2D eigenvalue weighted by atomic mass is 32.2. The number of fused-ring (bicyclic) bond motifs is 1. The van der Waals surface area contributed by atoms with Crippen LogP contribution in [0.2, 0.25) is 0 Å². The van der Waals surface area contributed by atoms with Gasteiger partial charge in [-0.1, -0.05) is 48.2 Å². The molecule has 4 aromatic rings. The zero-order valence-electron chi connectivity index (χ0n) is 31.1. The van der Waals surface area contributed by atoms with Crippen LogP contribution in [-0.4, -0.2) is 99.1 Å². The maximum absolute atomic E-state index is 15.3. The lowest BCUT2D eigenvalue weighted by Crippen LogP contribution is -2.57. The minimum Gasteiger partial charge on any atom is -0.465 e. The summed E-state index contributed by atoms with van der Waals surface area (Å²) in [6.45, 7) is 3.32. The molecule has 2 aromatic heterocycles. The number of benzene rings is 2. The second kappa shape index (κ2) is 14.8.